The Morgan fingerprint density at radius 1 is 1.58 bits per heavy atom. The van der Waals surface area contributed by atoms with Crippen molar-refractivity contribution in [3.8, 4) is 0 Å². The summed E-state index contributed by atoms with van der Waals surface area (Å²) in [6.45, 7) is 2.55. The minimum Gasteiger partial charge on any atom is -0.465 e. The molecule has 12 heavy (non-hydrogen) atoms. The summed E-state index contributed by atoms with van der Waals surface area (Å²) in [5.41, 5.74) is 0. The van der Waals surface area contributed by atoms with E-state index < -0.39 is 6.09 Å². The molecule has 0 saturated carbocycles. The number of hydrogen-bond acceptors (Lipinski definition) is 3. The first-order valence-electron chi connectivity index (χ1n) is 3.74. The van der Waals surface area contributed by atoms with Crippen LogP contribution in [-0.4, -0.2) is 39.6 Å². The van der Waals surface area contributed by atoms with Crippen molar-refractivity contribution in [1.29, 1.82) is 0 Å². The summed E-state index contributed by atoms with van der Waals surface area (Å²) in [6.07, 6.45) is -0.0991. The molecular formula is C7H11NO3S. The molecule has 0 radical (unpaired) electrons. The first kappa shape index (κ1) is 9.38. The molecule has 1 rings (SSSR count). The summed E-state index contributed by atoms with van der Waals surface area (Å²) >= 11 is 1.24. The Balaban J connectivity index is 2.35. The molecule has 68 valence electrons. The maximum atomic E-state index is 10.7. The van der Waals surface area contributed by atoms with Gasteiger partial charge in [-0.2, -0.15) is 0 Å². The van der Waals surface area contributed by atoms with Crippen LogP contribution in [0.25, 0.3) is 0 Å². The predicted molar refractivity (Wildman–Crippen MR) is 46.3 cm³/mol. The highest BCUT2D eigenvalue weighted by Crippen LogP contribution is 2.22. The van der Waals surface area contributed by atoms with Gasteiger partial charge in [0.25, 0.3) is 0 Å². The molecule has 1 unspecified atom stereocenters. The third-order valence-electron chi connectivity index (χ3n) is 1.75. The molecule has 1 atom stereocenters. The van der Waals surface area contributed by atoms with Gasteiger partial charge in [-0.05, 0) is 6.42 Å². The molecule has 1 saturated heterocycles. The summed E-state index contributed by atoms with van der Waals surface area (Å²) in [6, 6.07) is 0. The molecule has 0 aromatic carbocycles. The molecular weight excluding hydrogens is 178 g/mol. The van der Waals surface area contributed by atoms with Crippen LogP contribution in [0.1, 0.15) is 13.3 Å². The van der Waals surface area contributed by atoms with Crippen molar-refractivity contribution >= 4 is 23.0 Å². The fourth-order valence-corrected chi connectivity index (χ4v) is 2.18. The lowest BCUT2D eigenvalue weighted by Gasteiger charge is -2.10. The number of nitrogens with zero attached hydrogens (tertiary/aromatic N) is 1. The summed E-state index contributed by atoms with van der Waals surface area (Å²) < 4.78 is 0. The summed E-state index contributed by atoms with van der Waals surface area (Å²) in [7, 11) is 0. The monoisotopic (exact) mass is 189 g/mol. The third-order valence-corrected chi connectivity index (χ3v) is 2.80. The normalized spacial score (nSPS) is 22.8. The minimum absolute atomic E-state index is 0.0623. The summed E-state index contributed by atoms with van der Waals surface area (Å²) in [5.74, 6) is 0. The first-order valence-corrected chi connectivity index (χ1v) is 4.62. The average Bonchev–Trinajstić information content (AvgIpc) is 2.34. The number of likely N-dealkylation sites (tertiary alicyclic amines) is 1. The maximum Gasteiger partial charge on any atom is 0.407 e. The van der Waals surface area contributed by atoms with E-state index in [0.29, 0.717) is 13.1 Å². The van der Waals surface area contributed by atoms with E-state index in [4.69, 9.17) is 5.11 Å². The second-order valence-electron chi connectivity index (χ2n) is 2.75. The first-order chi connectivity index (χ1) is 5.59. The summed E-state index contributed by atoms with van der Waals surface area (Å²) in [5, 5.41) is 8.82. The average molecular weight is 189 g/mol. The van der Waals surface area contributed by atoms with Crippen molar-refractivity contribution in [3.05, 3.63) is 0 Å². The van der Waals surface area contributed by atoms with Gasteiger partial charge in [0.1, 0.15) is 0 Å². The quantitative estimate of drug-likeness (QED) is 0.669. The number of carbonyl (C=O) groups is 2. The highest BCUT2D eigenvalue weighted by molar-refractivity contribution is 8.14. The van der Waals surface area contributed by atoms with E-state index in [0.717, 1.165) is 6.42 Å². The molecule has 1 aliphatic rings. The standard InChI is InChI=1S/C7H11NO3S/c1-5(9)12-6-2-3-8(4-6)7(10)11/h6H,2-4H2,1H3,(H,10,11). The Labute approximate surface area is 74.9 Å². The smallest absolute Gasteiger partial charge is 0.407 e. The van der Waals surface area contributed by atoms with Gasteiger partial charge in [-0.15, -0.1) is 0 Å². The topological polar surface area (TPSA) is 57.6 Å². The van der Waals surface area contributed by atoms with Gasteiger partial charge in [-0.3, -0.25) is 4.79 Å². The number of carboxylic acid groups (broad SMARTS) is 1. The molecule has 0 aliphatic carbocycles. The Hall–Kier alpha value is -0.710. The van der Waals surface area contributed by atoms with E-state index in [9.17, 15) is 9.59 Å². The predicted octanol–water partition coefficient (Wildman–Crippen LogP) is 1.02. The SMILES string of the molecule is CC(=O)SC1CCN(C(=O)O)C1. The van der Waals surface area contributed by atoms with Gasteiger partial charge in [-0.25, -0.2) is 4.79 Å². The lowest BCUT2D eigenvalue weighted by molar-refractivity contribution is -0.109. The van der Waals surface area contributed by atoms with Gasteiger partial charge >= 0.3 is 6.09 Å². The molecule has 0 spiro atoms. The van der Waals surface area contributed by atoms with Gasteiger partial charge in [0.2, 0.25) is 0 Å². The van der Waals surface area contributed by atoms with Crippen LogP contribution in [0.5, 0.6) is 0 Å². The molecule has 4 nitrogen and oxygen atoms in total. The van der Waals surface area contributed by atoms with Crippen molar-refractivity contribution in [2.24, 2.45) is 0 Å². The van der Waals surface area contributed by atoms with Crippen LogP contribution in [-0.2, 0) is 4.79 Å². The van der Waals surface area contributed by atoms with Crippen LogP contribution in [0.2, 0.25) is 0 Å². The number of amides is 1. The lowest BCUT2D eigenvalue weighted by Crippen LogP contribution is -2.27. The van der Waals surface area contributed by atoms with Crippen LogP contribution in [0, 0.1) is 0 Å². The fourth-order valence-electron chi connectivity index (χ4n) is 1.23. The highest BCUT2D eigenvalue weighted by atomic mass is 32.2. The highest BCUT2D eigenvalue weighted by Gasteiger charge is 2.26. The van der Waals surface area contributed by atoms with Gasteiger partial charge in [0.05, 0.1) is 0 Å². The van der Waals surface area contributed by atoms with Crippen LogP contribution < -0.4 is 0 Å². The van der Waals surface area contributed by atoms with Crippen molar-refractivity contribution in [2.75, 3.05) is 13.1 Å². The minimum atomic E-state index is -0.887. The zero-order chi connectivity index (χ0) is 9.14. The maximum absolute atomic E-state index is 10.7. The van der Waals surface area contributed by atoms with Crippen molar-refractivity contribution in [3.63, 3.8) is 0 Å². The van der Waals surface area contributed by atoms with E-state index in [2.05, 4.69) is 0 Å². The number of carbonyl (C=O) groups excluding carboxylic acids is 1. The molecule has 5 heteroatoms. The number of hydrogen-bond donors (Lipinski definition) is 1. The van der Waals surface area contributed by atoms with E-state index in [1.807, 2.05) is 0 Å². The zero-order valence-electron chi connectivity index (χ0n) is 6.82. The molecule has 0 bridgehead atoms. The van der Waals surface area contributed by atoms with Crippen LogP contribution >= 0.6 is 11.8 Å². The van der Waals surface area contributed by atoms with E-state index in [1.54, 1.807) is 0 Å². The Bertz CT molecular complexity index is 207. The molecule has 1 heterocycles. The number of thioether (sulfide) groups is 1. The Kier molecular flexibility index (Phi) is 2.97. The van der Waals surface area contributed by atoms with Crippen LogP contribution in [0.15, 0.2) is 0 Å². The third kappa shape index (κ3) is 2.41. The number of rotatable bonds is 1. The van der Waals surface area contributed by atoms with Crippen molar-refractivity contribution < 1.29 is 14.7 Å². The van der Waals surface area contributed by atoms with E-state index >= 15 is 0 Å². The summed E-state index contributed by atoms with van der Waals surface area (Å²) in [4.78, 5) is 22.5. The largest absolute Gasteiger partial charge is 0.465 e. The second kappa shape index (κ2) is 3.80. The van der Waals surface area contributed by atoms with Crippen molar-refractivity contribution in [2.45, 2.75) is 18.6 Å². The Morgan fingerprint density at radius 2 is 2.25 bits per heavy atom. The zero-order valence-corrected chi connectivity index (χ0v) is 7.63. The van der Waals surface area contributed by atoms with Gasteiger partial charge in [-0.1, -0.05) is 11.8 Å². The molecule has 1 amide bonds. The van der Waals surface area contributed by atoms with Gasteiger partial charge in [0.15, 0.2) is 5.12 Å². The van der Waals surface area contributed by atoms with Crippen LogP contribution in [0.4, 0.5) is 4.79 Å². The molecule has 1 aliphatic heterocycles. The molecule has 1 N–H and O–H groups in total. The second-order valence-corrected chi connectivity index (χ2v) is 4.23. The van der Waals surface area contributed by atoms with Crippen molar-refractivity contribution in [1.82, 2.24) is 4.90 Å². The lowest BCUT2D eigenvalue weighted by atomic mass is 10.4. The molecule has 1 fully saturated rings. The molecule has 0 aromatic rings. The van der Waals surface area contributed by atoms with E-state index in [1.165, 1.54) is 23.6 Å². The van der Waals surface area contributed by atoms with Gasteiger partial charge < -0.3 is 10.0 Å². The van der Waals surface area contributed by atoms with Crippen LogP contribution in [0.3, 0.4) is 0 Å². The van der Waals surface area contributed by atoms with Gasteiger partial charge in [0, 0.05) is 25.3 Å². The Morgan fingerprint density at radius 3 is 2.67 bits per heavy atom. The fraction of sp³-hybridized carbons (Fsp3) is 0.714. The van der Waals surface area contributed by atoms with E-state index in [-0.39, 0.29) is 10.4 Å². The molecule has 0 aromatic heterocycles.